The van der Waals surface area contributed by atoms with Crippen LogP contribution in [0.25, 0.3) is 5.65 Å². The monoisotopic (exact) mass is 289 g/mol. The standard InChI is InChI=1S/C12H8ClN5O2/c1-7(19)8-2-3-10(9(13)6-8)20-12-5-4-11-14-16-17-18(11)15-12/h2-6H,1H3. The van der Waals surface area contributed by atoms with Gasteiger partial charge >= 0.3 is 0 Å². The zero-order valence-electron chi connectivity index (χ0n) is 10.3. The quantitative estimate of drug-likeness (QED) is 0.687. The Morgan fingerprint density at radius 2 is 2.15 bits per heavy atom. The number of fused-ring (bicyclic) bond motifs is 1. The molecule has 0 N–H and O–H groups in total. The van der Waals surface area contributed by atoms with Gasteiger partial charge in [-0.05, 0) is 41.6 Å². The number of rotatable bonds is 3. The van der Waals surface area contributed by atoms with Crippen molar-refractivity contribution in [2.24, 2.45) is 0 Å². The molecule has 8 heteroatoms. The maximum atomic E-state index is 11.2. The predicted molar refractivity (Wildman–Crippen MR) is 70.1 cm³/mol. The van der Waals surface area contributed by atoms with Gasteiger partial charge in [0, 0.05) is 11.6 Å². The molecule has 3 aromatic rings. The number of tetrazole rings is 1. The number of aromatic nitrogens is 5. The summed E-state index contributed by atoms with van der Waals surface area (Å²) in [4.78, 5) is 11.2. The summed E-state index contributed by atoms with van der Waals surface area (Å²) in [6.45, 7) is 1.47. The molecule has 0 bridgehead atoms. The van der Waals surface area contributed by atoms with Crippen LogP contribution >= 0.6 is 11.6 Å². The lowest BCUT2D eigenvalue weighted by Crippen LogP contribution is -1.98. The van der Waals surface area contributed by atoms with E-state index in [1.165, 1.54) is 11.6 Å². The van der Waals surface area contributed by atoms with Crippen molar-refractivity contribution in [1.29, 1.82) is 0 Å². The fourth-order valence-electron chi connectivity index (χ4n) is 1.60. The van der Waals surface area contributed by atoms with Gasteiger partial charge in [-0.15, -0.1) is 14.8 Å². The minimum Gasteiger partial charge on any atom is -0.436 e. The van der Waals surface area contributed by atoms with Crippen molar-refractivity contribution in [2.75, 3.05) is 0 Å². The number of ketones is 1. The third kappa shape index (κ3) is 2.30. The summed E-state index contributed by atoms with van der Waals surface area (Å²) >= 11 is 6.07. The molecule has 0 fully saturated rings. The molecule has 0 aliphatic rings. The first-order chi connectivity index (χ1) is 9.63. The Morgan fingerprint density at radius 1 is 1.30 bits per heavy atom. The van der Waals surface area contributed by atoms with Crippen molar-refractivity contribution in [3.8, 4) is 11.6 Å². The molecule has 0 saturated heterocycles. The fraction of sp³-hybridized carbons (Fsp3) is 0.0833. The van der Waals surface area contributed by atoms with Gasteiger partial charge in [-0.3, -0.25) is 4.79 Å². The van der Waals surface area contributed by atoms with E-state index in [4.69, 9.17) is 16.3 Å². The number of benzene rings is 1. The number of hydrogen-bond acceptors (Lipinski definition) is 6. The van der Waals surface area contributed by atoms with Gasteiger partial charge in [0.05, 0.1) is 5.02 Å². The van der Waals surface area contributed by atoms with Crippen molar-refractivity contribution in [3.05, 3.63) is 40.9 Å². The van der Waals surface area contributed by atoms with Gasteiger partial charge in [-0.1, -0.05) is 11.6 Å². The van der Waals surface area contributed by atoms with Crippen LogP contribution in [0.1, 0.15) is 17.3 Å². The number of Topliss-reactive ketones (excluding diaryl/α,β-unsaturated/α-hetero) is 1. The van der Waals surface area contributed by atoms with E-state index >= 15 is 0 Å². The number of carbonyl (C=O) groups is 1. The van der Waals surface area contributed by atoms with Crippen molar-refractivity contribution in [1.82, 2.24) is 25.3 Å². The maximum Gasteiger partial charge on any atom is 0.239 e. The smallest absolute Gasteiger partial charge is 0.239 e. The molecular weight excluding hydrogens is 282 g/mol. The van der Waals surface area contributed by atoms with E-state index in [9.17, 15) is 4.79 Å². The topological polar surface area (TPSA) is 82.3 Å². The van der Waals surface area contributed by atoms with Crippen LogP contribution in [-0.2, 0) is 0 Å². The molecule has 2 aromatic heterocycles. The fourth-order valence-corrected chi connectivity index (χ4v) is 1.82. The first kappa shape index (κ1) is 12.5. The highest BCUT2D eigenvalue weighted by atomic mass is 35.5. The number of ether oxygens (including phenoxy) is 1. The zero-order chi connectivity index (χ0) is 14.1. The Bertz CT molecular complexity index is 801. The first-order valence-corrected chi connectivity index (χ1v) is 6.05. The Kier molecular flexibility index (Phi) is 3.03. The van der Waals surface area contributed by atoms with Crippen molar-refractivity contribution in [2.45, 2.75) is 6.92 Å². The second kappa shape index (κ2) is 4.86. The first-order valence-electron chi connectivity index (χ1n) is 5.67. The van der Waals surface area contributed by atoms with Crippen LogP contribution in [-0.4, -0.2) is 31.0 Å². The van der Waals surface area contributed by atoms with Crippen LogP contribution in [0.4, 0.5) is 0 Å². The number of carbonyl (C=O) groups excluding carboxylic acids is 1. The molecule has 20 heavy (non-hydrogen) atoms. The number of halogens is 1. The van der Waals surface area contributed by atoms with Gasteiger partial charge in [0.2, 0.25) is 5.88 Å². The molecule has 7 nitrogen and oxygen atoms in total. The molecule has 0 saturated carbocycles. The molecule has 1 aromatic carbocycles. The highest BCUT2D eigenvalue weighted by molar-refractivity contribution is 6.32. The summed E-state index contributed by atoms with van der Waals surface area (Å²) in [6, 6.07) is 8.10. The Labute approximate surface area is 118 Å². The van der Waals surface area contributed by atoms with E-state index in [1.807, 2.05) is 0 Å². The van der Waals surface area contributed by atoms with Gasteiger partial charge in [-0.25, -0.2) is 0 Å². The molecular formula is C12H8ClN5O2. The largest absolute Gasteiger partial charge is 0.436 e. The van der Waals surface area contributed by atoms with Crippen LogP contribution in [0.2, 0.25) is 5.02 Å². The Morgan fingerprint density at radius 3 is 2.90 bits per heavy atom. The molecule has 0 unspecified atom stereocenters. The van der Waals surface area contributed by atoms with E-state index in [0.29, 0.717) is 27.9 Å². The van der Waals surface area contributed by atoms with Gasteiger partial charge in [0.25, 0.3) is 0 Å². The average Bonchev–Trinajstić information content (AvgIpc) is 2.88. The third-order valence-electron chi connectivity index (χ3n) is 2.60. The van der Waals surface area contributed by atoms with Gasteiger partial charge in [0.1, 0.15) is 5.75 Å². The summed E-state index contributed by atoms with van der Waals surface area (Å²) < 4.78 is 6.79. The van der Waals surface area contributed by atoms with Crippen LogP contribution in [0, 0.1) is 0 Å². The van der Waals surface area contributed by atoms with Gasteiger partial charge < -0.3 is 4.74 Å². The maximum absolute atomic E-state index is 11.2. The van der Waals surface area contributed by atoms with E-state index in [2.05, 4.69) is 20.6 Å². The molecule has 0 amide bonds. The van der Waals surface area contributed by atoms with E-state index < -0.39 is 0 Å². The van der Waals surface area contributed by atoms with Crippen molar-refractivity contribution < 1.29 is 9.53 Å². The number of hydrogen-bond donors (Lipinski definition) is 0. The molecule has 100 valence electrons. The van der Waals surface area contributed by atoms with Gasteiger partial charge in [-0.2, -0.15) is 0 Å². The van der Waals surface area contributed by atoms with Crippen LogP contribution in [0.5, 0.6) is 11.6 Å². The second-order valence-electron chi connectivity index (χ2n) is 4.00. The molecule has 3 rings (SSSR count). The Hall–Kier alpha value is -2.54. The lowest BCUT2D eigenvalue weighted by atomic mass is 10.1. The second-order valence-corrected chi connectivity index (χ2v) is 4.41. The SMILES string of the molecule is CC(=O)c1ccc(Oc2ccc3nnnn3n2)c(Cl)c1. The Balaban J connectivity index is 1.92. The van der Waals surface area contributed by atoms with Crippen LogP contribution < -0.4 is 4.74 Å². The molecule has 0 aliphatic carbocycles. The zero-order valence-corrected chi connectivity index (χ0v) is 11.1. The van der Waals surface area contributed by atoms with E-state index in [1.54, 1.807) is 30.3 Å². The number of nitrogens with zero attached hydrogens (tertiary/aromatic N) is 5. The molecule has 0 spiro atoms. The van der Waals surface area contributed by atoms with Crippen molar-refractivity contribution in [3.63, 3.8) is 0 Å². The summed E-state index contributed by atoms with van der Waals surface area (Å²) in [7, 11) is 0. The highest BCUT2D eigenvalue weighted by Gasteiger charge is 2.09. The molecule has 0 radical (unpaired) electrons. The minimum atomic E-state index is -0.0633. The normalized spacial score (nSPS) is 10.7. The molecule has 0 atom stereocenters. The summed E-state index contributed by atoms with van der Waals surface area (Å²) in [5.41, 5.74) is 1.03. The van der Waals surface area contributed by atoms with Crippen LogP contribution in [0.3, 0.4) is 0 Å². The average molecular weight is 290 g/mol. The molecule has 2 heterocycles. The van der Waals surface area contributed by atoms with E-state index in [-0.39, 0.29) is 5.78 Å². The highest BCUT2D eigenvalue weighted by Crippen LogP contribution is 2.29. The van der Waals surface area contributed by atoms with Gasteiger partial charge in [0.15, 0.2) is 11.4 Å². The summed E-state index contributed by atoms with van der Waals surface area (Å²) in [5, 5.41) is 15.3. The van der Waals surface area contributed by atoms with Crippen molar-refractivity contribution >= 4 is 23.0 Å². The lowest BCUT2D eigenvalue weighted by Gasteiger charge is -2.07. The summed E-state index contributed by atoms with van der Waals surface area (Å²) in [5.74, 6) is 0.630. The summed E-state index contributed by atoms with van der Waals surface area (Å²) in [6.07, 6.45) is 0. The molecule has 0 aliphatic heterocycles. The lowest BCUT2D eigenvalue weighted by molar-refractivity contribution is 0.101. The minimum absolute atomic E-state index is 0.0633. The van der Waals surface area contributed by atoms with E-state index in [0.717, 1.165) is 0 Å². The van der Waals surface area contributed by atoms with Crippen LogP contribution in [0.15, 0.2) is 30.3 Å². The predicted octanol–water partition coefficient (Wildman–Crippen LogP) is 2.17. The third-order valence-corrected chi connectivity index (χ3v) is 2.89.